The second kappa shape index (κ2) is 2.44. The zero-order chi connectivity index (χ0) is 5.91. The maximum atomic E-state index is 11.3. The lowest BCUT2D eigenvalue weighted by atomic mass is 10.8. The summed E-state index contributed by atoms with van der Waals surface area (Å²) < 4.78 is 30.3. The van der Waals surface area contributed by atoms with Gasteiger partial charge in [-0.05, 0) is 0 Å². The molecule has 0 saturated heterocycles. The molecule has 0 amide bonds. The minimum Gasteiger partial charge on any atom is -0.389 e. The molecule has 2 N–H and O–H groups in total. The number of hydrogen-bond donors (Lipinski definition) is 2. The van der Waals surface area contributed by atoms with Gasteiger partial charge in [0.2, 0.25) is 0 Å². The molecule has 0 spiro atoms. The van der Waals surface area contributed by atoms with Crippen molar-refractivity contribution in [1.82, 2.24) is 0 Å². The lowest BCUT2D eigenvalue weighted by Gasteiger charge is -2.04. The smallest absolute Gasteiger partial charge is 0.340 e. The Bertz CT molecular complexity index is 51.7. The van der Waals surface area contributed by atoms with E-state index in [1.165, 1.54) is 0 Å². The van der Waals surface area contributed by atoms with Crippen LogP contribution >= 0.6 is 12.0 Å². The van der Waals surface area contributed by atoms with Gasteiger partial charge < -0.3 is 9.66 Å². The highest BCUT2D eigenvalue weighted by Gasteiger charge is 2.27. The van der Waals surface area contributed by atoms with Gasteiger partial charge in [0.15, 0.2) is 0 Å². The van der Waals surface area contributed by atoms with Gasteiger partial charge in [0.1, 0.15) is 6.61 Å². The fourth-order valence-corrected chi connectivity index (χ4v) is 0.0866. The van der Waals surface area contributed by atoms with Gasteiger partial charge in [-0.2, -0.15) is 8.78 Å². The van der Waals surface area contributed by atoms with E-state index < -0.39 is 23.9 Å². The van der Waals surface area contributed by atoms with Crippen LogP contribution < -0.4 is 0 Å². The predicted octanol–water partition coefficient (Wildman–Crippen LogP) is 0.778. The number of aliphatic hydroxyl groups is 1. The van der Waals surface area contributed by atoms with Crippen LogP contribution in [0.3, 0.4) is 0 Å². The SMILES string of the molecule is OCC(F)(F)SO. The molecule has 0 radical (unpaired) electrons. The molecule has 5 heteroatoms. The molecular formula is C2H4F2O2S. The van der Waals surface area contributed by atoms with Gasteiger partial charge in [0.05, 0.1) is 12.0 Å². The highest BCUT2D eigenvalue weighted by atomic mass is 32.2. The van der Waals surface area contributed by atoms with Crippen LogP contribution in [0.1, 0.15) is 0 Å². The lowest BCUT2D eigenvalue weighted by Crippen LogP contribution is -2.14. The van der Waals surface area contributed by atoms with Crippen LogP contribution in [0.25, 0.3) is 0 Å². The molecule has 0 bridgehead atoms. The molecule has 0 aromatic carbocycles. The molecule has 44 valence electrons. The fraction of sp³-hybridized carbons (Fsp3) is 1.00. The summed E-state index contributed by atoms with van der Waals surface area (Å²) in [5.41, 5.74) is 0. The summed E-state index contributed by atoms with van der Waals surface area (Å²) >= 11 is -0.656. The van der Waals surface area contributed by atoms with Crippen LogP contribution in [0.2, 0.25) is 0 Å². The van der Waals surface area contributed by atoms with Crippen LogP contribution in [0.5, 0.6) is 0 Å². The van der Waals surface area contributed by atoms with Gasteiger partial charge in [-0.3, -0.25) is 0 Å². The fourth-order valence-electron chi connectivity index (χ4n) is 0.0289. The van der Waals surface area contributed by atoms with Crippen LogP contribution in [-0.4, -0.2) is 21.5 Å². The van der Waals surface area contributed by atoms with E-state index in [4.69, 9.17) is 9.66 Å². The summed E-state index contributed by atoms with van der Waals surface area (Å²) in [6.07, 6.45) is 0. The molecule has 0 aromatic heterocycles. The van der Waals surface area contributed by atoms with Crippen molar-refractivity contribution >= 4 is 12.0 Å². The van der Waals surface area contributed by atoms with Gasteiger partial charge in [-0.1, -0.05) is 0 Å². The first-order valence-electron chi connectivity index (χ1n) is 1.43. The largest absolute Gasteiger partial charge is 0.389 e. The van der Waals surface area contributed by atoms with Gasteiger partial charge in [-0.25, -0.2) is 0 Å². The second-order valence-corrected chi connectivity index (χ2v) is 1.67. The second-order valence-electron chi connectivity index (χ2n) is 0.887. The van der Waals surface area contributed by atoms with Crippen molar-refractivity contribution in [2.24, 2.45) is 0 Å². The Labute approximate surface area is 43.4 Å². The monoisotopic (exact) mass is 130 g/mol. The Balaban J connectivity index is 3.36. The average molecular weight is 130 g/mol. The number of aliphatic hydroxyl groups excluding tert-OH is 1. The Morgan fingerprint density at radius 1 is 1.57 bits per heavy atom. The molecular weight excluding hydrogens is 126 g/mol. The van der Waals surface area contributed by atoms with E-state index in [0.717, 1.165) is 0 Å². The summed E-state index contributed by atoms with van der Waals surface area (Å²) in [5.74, 6) is 0. The molecule has 0 fully saturated rings. The quantitative estimate of drug-likeness (QED) is 0.542. The zero-order valence-corrected chi connectivity index (χ0v) is 4.08. The molecule has 7 heavy (non-hydrogen) atoms. The van der Waals surface area contributed by atoms with Crippen LogP contribution in [-0.2, 0) is 0 Å². The van der Waals surface area contributed by atoms with Crippen molar-refractivity contribution in [2.45, 2.75) is 5.25 Å². The third kappa shape index (κ3) is 2.78. The molecule has 0 unspecified atom stereocenters. The molecule has 0 aliphatic carbocycles. The molecule has 0 aromatic rings. The number of halogens is 2. The van der Waals surface area contributed by atoms with Crippen molar-refractivity contribution in [3.8, 4) is 0 Å². The van der Waals surface area contributed by atoms with Gasteiger partial charge in [0, 0.05) is 0 Å². The highest BCUT2D eigenvalue weighted by Crippen LogP contribution is 2.23. The van der Waals surface area contributed by atoms with E-state index in [2.05, 4.69) is 0 Å². The first kappa shape index (κ1) is 7.13. The minimum absolute atomic E-state index is 0.656. The number of rotatable bonds is 2. The van der Waals surface area contributed by atoms with E-state index >= 15 is 0 Å². The lowest BCUT2D eigenvalue weighted by molar-refractivity contribution is 0.0317. The molecule has 0 aliphatic heterocycles. The molecule has 0 heterocycles. The topological polar surface area (TPSA) is 40.5 Å². The van der Waals surface area contributed by atoms with Gasteiger partial charge in [-0.15, -0.1) is 0 Å². The van der Waals surface area contributed by atoms with Gasteiger partial charge >= 0.3 is 5.25 Å². The summed E-state index contributed by atoms with van der Waals surface area (Å²) in [4.78, 5) is 0. The maximum absolute atomic E-state index is 11.3. The molecule has 0 rings (SSSR count). The Morgan fingerprint density at radius 3 is 2.00 bits per heavy atom. The number of alkyl halides is 2. The summed E-state index contributed by atoms with van der Waals surface area (Å²) in [7, 11) is 0. The van der Waals surface area contributed by atoms with Crippen molar-refractivity contribution < 1.29 is 18.4 Å². The Kier molecular flexibility index (Phi) is 2.49. The van der Waals surface area contributed by atoms with E-state index in [9.17, 15) is 8.78 Å². The molecule has 2 nitrogen and oxygen atoms in total. The zero-order valence-electron chi connectivity index (χ0n) is 3.27. The molecule has 0 atom stereocenters. The van der Waals surface area contributed by atoms with E-state index in [1.54, 1.807) is 0 Å². The first-order valence-corrected chi connectivity index (χ1v) is 2.21. The Hall–Kier alpha value is 0.130. The van der Waals surface area contributed by atoms with E-state index in [-0.39, 0.29) is 0 Å². The minimum atomic E-state index is -3.39. The van der Waals surface area contributed by atoms with E-state index in [1.807, 2.05) is 0 Å². The van der Waals surface area contributed by atoms with Crippen LogP contribution in [0, 0.1) is 0 Å². The third-order valence-corrected chi connectivity index (χ3v) is 0.714. The summed E-state index contributed by atoms with van der Waals surface area (Å²) in [5, 5.41) is 4.27. The standard InChI is InChI=1S/C2H4F2O2S/c3-2(4,1-5)7-6/h5-6H,1H2. The molecule has 0 aliphatic rings. The Morgan fingerprint density at radius 2 is 2.00 bits per heavy atom. The van der Waals surface area contributed by atoms with Crippen molar-refractivity contribution in [3.63, 3.8) is 0 Å². The molecule has 0 saturated carbocycles. The highest BCUT2D eigenvalue weighted by molar-refractivity contribution is 7.94. The summed E-state index contributed by atoms with van der Waals surface area (Å²) in [6, 6.07) is 0. The first-order chi connectivity index (χ1) is 3.12. The summed E-state index contributed by atoms with van der Waals surface area (Å²) in [6.45, 7) is -1.33. The number of hydrogen-bond acceptors (Lipinski definition) is 3. The predicted molar refractivity (Wildman–Crippen MR) is 22.3 cm³/mol. The van der Waals surface area contributed by atoms with Crippen LogP contribution in [0.4, 0.5) is 8.78 Å². The maximum Gasteiger partial charge on any atom is 0.340 e. The van der Waals surface area contributed by atoms with Crippen molar-refractivity contribution in [3.05, 3.63) is 0 Å². The normalized spacial score (nSPS) is 12.0. The average Bonchev–Trinajstić information content (AvgIpc) is 1.68. The van der Waals surface area contributed by atoms with E-state index in [0.29, 0.717) is 0 Å². The van der Waals surface area contributed by atoms with Crippen molar-refractivity contribution in [1.29, 1.82) is 0 Å². The van der Waals surface area contributed by atoms with Crippen molar-refractivity contribution in [2.75, 3.05) is 6.61 Å². The van der Waals surface area contributed by atoms with Gasteiger partial charge in [0.25, 0.3) is 0 Å². The third-order valence-electron chi connectivity index (χ3n) is 0.318. The van der Waals surface area contributed by atoms with Crippen LogP contribution in [0.15, 0.2) is 0 Å².